The van der Waals surface area contributed by atoms with E-state index in [1.807, 2.05) is 40.9 Å². The lowest BCUT2D eigenvalue weighted by Crippen LogP contribution is -2.50. The van der Waals surface area contributed by atoms with Crippen LogP contribution in [-0.2, 0) is 19.6 Å². The standard InChI is InChI=1S/C26H22ClF3N6O/c1-34-23(15-5-2-7-17(27)11-15)20-13-19-9-4-10-21(22(20)32-34)36(19)25(37)24-31-14-35(33-24)18-8-3-6-16(12-18)26(28,29)30/h2-3,5-8,11-12,14,19,21H,4,9-10,13H2,1H3/t19-,21+/m0/s1. The molecule has 0 unspecified atom stereocenters. The fourth-order valence-electron chi connectivity index (χ4n) is 5.57. The lowest BCUT2D eigenvalue weighted by molar-refractivity contribution is -0.137. The first-order chi connectivity index (χ1) is 17.7. The van der Waals surface area contributed by atoms with Gasteiger partial charge in [0, 0.05) is 29.2 Å². The molecular formula is C26H22ClF3N6O. The minimum absolute atomic E-state index is 0.0521. The lowest BCUT2D eigenvalue weighted by atomic mass is 9.81. The van der Waals surface area contributed by atoms with Crippen molar-refractivity contribution in [3.05, 3.63) is 82.5 Å². The minimum Gasteiger partial charge on any atom is -0.324 e. The summed E-state index contributed by atoms with van der Waals surface area (Å²) in [6.07, 6.45) is -0.0124. The summed E-state index contributed by atoms with van der Waals surface area (Å²) < 4.78 is 42.5. The van der Waals surface area contributed by atoms with Crippen LogP contribution in [0.25, 0.3) is 16.9 Å². The molecule has 1 fully saturated rings. The molecule has 0 aliphatic carbocycles. The molecule has 2 bridgehead atoms. The smallest absolute Gasteiger partial charge is 0.324 e. The summed E-state index contributed by atoms with van der Waals surface area (Å²) in [5.74, 6) is -0.398. The maximum atomic E-state index is 13.7. The molecule has 0 saturated carbocycles. The molecule has 0 radical (unpaired) electrons. The van der Waals surface area contributed by atoms with Crippen molar-refractivity contribution in [2.45, 2.75) is 43.9 Å². The summed E-state index contributed by atoms with van der Waals surface area (Å²) >= 11 is 6.25. The van der Waals surface area contributed by atoms with Gasteiger partial charge in [0.15, 0.2) is 0 Å². The number of hydrogen-bond acceptors (Lipinski definition) is 4. The molecule has 0 N–H and O–H groups in total. The largest absolute Gasteiger partial charge is 0.416 e. The van der Waals surface area contributed by atoms with E-state index in [2.05, 4.69) is 10.1 Å². The highest BCUT2D eigenvalue weighted by atomic mass is 35.5. The molecule has 4 aromatic rings. The van der Waals surface area contributed by atoms with Gasteiger partial charge < -0.3 is 4.90 Å². The zero-order valence-corrected chi connectivity index (χ0v) is 20.5. The van der Waals surface area contributed by atoms with Crippen molar-refractivity contribution in [1.29, 1.82) is 0 Å². The van der Waals surface area contributed by atoms with Gasteiger partial charge in [0.2, 0.25) is 5.82 Å². The van der Waals surface area contributed by atoms with Crippen molar-refractivity contribution >= 4 is 17.5 Å². The molecular weight excluding hydrogens is 505 g/mol. The number of hydrogen-bond donors (Lipinski definition) is 0. The van der Waals surface area contributed by atoms with Gasteiger partial charge in [0.25, 0.3) is 5.91 Å². The number of alkyl halides is 3. The number of carbonyl (C=O) groups is 1. The molecule has 2 aliphatic heterocycles. The van der Waals surface area contributed by atoms with Crippen LogP contribution in [0.1, 0.15) is 52.7 Å². The highest BCUT2D eigenvalue weighted by Gasteiger charge is 2.44. The molecule has 7 nitrogen and oxygen atoms in total. The number of aryl methyl sites for hydroxylation is 1. The summed E-state index contributed by atoms with van der Waals surface area (Å²) in [6.45, 7) is 0. The van der Waals surface area contributed by atoms with E-state index < -0.39 is 11.7 Å². The number of piperidine rings is 1. The summed E-state index contributed by atoms with van der Waals surface area (Å²) in [7, 11) is 1.89. The van der Waals surface area contributed by atoms with Gasteiger partial charge >= 0.3 is 6.18 Å². The molecule has 6 rings (SSSR count). The van der Waals surface area contributed by atoms with E-state index in [-0.39, 0.29) is 29.5 Å². The van der Waals surface area contributed by atoms with Gasteiger partial charge in [-0.1, -0.05) is 29.8 Å². The second-order valence-electron chi connectivity index (χ2n) is 9.42. The van der Waals surface area contributed by atoms with Crippen LogP contribution in [0.5, 0.6) is 0 Å². The highest BCUT2D eigenvalue weighted by molar-refractivity contribution is 6.30. The van der Waals surface area contributed by atoms with Crippen molar-refractivity contribution in [1.82, 2.24) is 29.4 Å². The number of halogens is 4. The maximum absolute atomic E-state index is 13.7. The minimum atomic E-state index is -4.48. The molecule has 190 valence electrons. The Morgan fingerprint density at radius 1 is 1.08 bits per heavy atom. The lowest BCUT2D eigenvalue weighted by Gasteiger charge is -2.44. The van der Waals surface area contributed by atoms with Crippen molar-refractivity contribution in [3.63, 3.8) is 0 Å². The second-order valence-corrected chi connectivity index (χ2v) is 9.86. The monoisotopic (exact) mass is 526 g/mol. The van der Waals surface area contributed by atoms with Crippen molar-refractivity contribution < 1.29 is 18.0 Å². The zero-order chi connectivity index (χ0) is 25.9. The molecule has 2 aliphatic rings. The van der Waals surface area contributed by atoms with Gasteiger partial charge in [-0.3, -0.25) is 9.48 Å². The average Bonchev–Trinajstić information content (AvgIpc) is 3.48. The van der Waals surface area contributed by atoms with Crippen LogP contribution in [0.15, 0.2) is 54.9 Å². The van der Waals surface area contributed by atoms with E-state index in [1.165, 1.54) is 23.1 Å². The van der Waals surface area contributed by atoms with Crippen LogP contribution in [0.3, 0.4) is 0 Å². The van der Waals surface area contributed by atoms with Crippen LogP contribution in [0, 0.1) is 0 Å². The van der Waals surface area contributed by atoms with E-state index in [4.69, 9.17) is 16.7 Å². The number of nitrogens with zero attached hydrogens (tertiary/aromatic N) is 6. The summed E-state index contributed by atoms with van der Waals surface area (Å²) in [5.41, 5.74) is 3.33. The topological polar surface area (TPSA) is 68.8 Å². The Bertz CT molecular complexity index is 1510. The number of rotatable bonds is 3. The molecule has 1 amide bonds. The Labute approximate surface area is 215 Å². The Morgan fingerprint density at radius 3 is 2.68 bits per heavy atom. The Balaban J connectivity index is 1.33. The first-order valence-corrected chi connectivity index (χ1v) is 12.3. The molecule has 0 spiro atoms. The first-order valence-electron chi connectivity index (χ1n) is 11.9. The van der Waals surface area contributed by atoms with Crippen molar-refractivity contribution in [3.8, 4) is 16.9 Å². The van der Waals surface area contributed by atoms with Gasteiger partial charge in [0.05, 0.1) is 28.7 Å². The second kappa shape index (κ2) is 8.72. The fraction of sp³-hybridized carbons (Fsp3) is 0.308. The van der Waals surface area contributed by atoms with Crippen molar-refractivity contribution in [2.24, 2.45) is 7.05 Å². The van der Waals surface area contributed by atoms with E-state index in [0.29, 0.717) is 11.4 Å². The molecule has 11 heteroatoms. The third-order valence-electron chi connectivity index (χ3n) is 7.13. The molecule has 2 aromatic heterocycles. The SMILES string of the molecule is Cn1nc2c(c1-c1cccc(Cl)c1)C[C@@H]1CCC[C@H]2N1C(=O)c1ncn(-c2cccc(C(F)(F)F)c2)n1. The molecule has 4 heterocycles. The Hall–Kier alpha value is -3.66. The van der Waals surface area contributed by atoms with E-state index in [9.17, 15) is 18.0 Å². The predicted molar refractivity (Wildman–Crippen MR) is 130 cm³/mol. The zero-order valence-electron chi connectivity index (χ0n) is 19.8. The van der Waals surface area contributed by atoms with E-state index >= 15 is 0 Å². The first kappa shape index (κ1) is 23.7. The van der Waals surface area contributed by atoms with Gasteiger partial charge in [-0.15, -0.1) is 5.10 Å². The molecule has 2 atom stereocenters. The molecule has 37 heavy (non-hydrogen) atoms. The van der Waals surface area contributed by atoms with Gasteiger partial charge in [-0.05, 0) is 56.0 Å². The Morgan fingerprint density at radius 2 is 1.89 bits per heavy atom. The highest BCUT2D eigenvalue weighted by Crippen LogP contribution is 2.45. The number of benzene rings is 2. The number of fused-ring (bicyclic) bond motifs is 4. The van der Waals surface area contributed by atoms with Crippen LogP contribution in [0.2, 0.25) is 5.02 Å². The number of aromatic nitrogens is 5. The van der Waals surface area contributed by atoms with Crippen LogP contribution in [-0.4, -0.2) is 41.4 Å². The van der Waals surface area contributed by atoms with Crippen molar-refractivity contribution in [2.75, 3.05) is 0 Å². The van der Waals surface area contributed by atoms with Crippen LogP contribution >= 0.6 is 11.6 Å². The van der Waals surface area contributed by atoms with Gasteiger partial charge in [0.1, 0.15) is 6.33 Å². The van der Waals surface area contributed by atoms with E-state index in [1.54, 1.807) is 0 Å². The van der Waals surface area contributed by atoms with Gasteiger partial charge in [-0.2, -0.15) is 18.3 Å². The Kier molecular flexibility index (Phi) is 5.59. The predicted octanol–water partition coefficient (Wildman–Crippen LogP) is 5.63. The van der Waals surface area contributed by atoms with E-state index in [0.717, 1.165) is 53.9 Å². The number of carbonyl (C=O) groups excluding carboxylic acids is 1. The number of amides is 1. The van der Waals surface area contributed by atoms with Crippen LogP contribution in [0.4, 0.5) is 13.2 Å². The third kappa shape index (κ3) is 4.09. The molecule has 1 saturated heterocycles. The summed E-state index contributed by atoms with van der Waals surface area (Å²) in [6, 6.07) is 12.1. The normalized spacial score (nSPS) is 19.1. The summed E-state index contributed by atoms with van der Waals surface area (Å²) in [5, 5.41) is 9.71. The third-order valence-corrected chi connectivity index (χ3v) is 7.36. The summed E-state index contributed by atoms with van der Waals surface area (Å²) in [4.78, 5) is 19.6. The van der Waals surface area contributed by atoms with Crippen LogP contribution < -0.4 is 0 Å². The quantitative estimate of drug-likeness (QED) is 0.347. The molecule has 2 aromatic carbocycles. The average molecular weight is 527 g/mol. The van der Waals surface area contributed by atoms with Gasteiger partial charge in [-0.25, -0.2) is 9.67 Å². The maximum Gasteiger partial charge on any atom is 0.416 e. The fourth-order valence-corrected chi connectivity index (χ4v) is 5.76.